The van der Waals surface area contributed by atoms with Crippen LogP contribution in [0.5, 0.6) is 0 Å². The van der Waals surface area contributed by atoms with Gasteiger partial charge < -0.3 is 10.8 Å². The van der Waals surface area contributed by atoms with E-state index >= 15 is 0 Å². The zero-order chi connectivity index (χ0) is 12.6. The Balaban J connectivity index is 2.40. The van der Waals surface area contributed by atoms with Crippen LogP contribution in [0.3, 0.4) is 0 Å². The van der Waals surface area contributed by atoms with E-state index < -0.39 is 12.0 Å². The smallest absolute Gasteiger partial charge is 0.321 e. The molecule has 92 valence electrons. The molecule has 3 atom stereocenters. The number of carboxylic acids is 1. The van der Waals surface area contributed by atoms with E-state index in [9.17, 15) is 4.79 Å². The molecule has 3 unspecified atom stereocenters. The van der Waals surface area contributed by atoms with Crippen LogP contribution in [-0.2, 0) is 11.2 Å². The average Bonchev–Trinajstić information content (AvgIpc) is 2.69. The van der Waals surface area contributed by atoms with Gasteiger partial charge in [-0.25, -0.2) is 0 Å². The minimum Gasteiger partial charge on any atom is -0.480 e. The molecule has 1 aromatic rings. The number of hydrogen-bond acceptors (Lipinski definition) is 2. The van der Waals surface area contributed by atoms with E-state index in [2.05, 4.69) is 13.0 Å². The predicted molar refractivity (Wildman–Crippen MR) is 67.2 cm³/mol. The molecular formula is C14H19NO2. The summed E-state index contributed by atoms with van der Waals surface area (Å²) >= 11 is 0. The van der Waals surface area contributed by atoms with Gasteiger partial charge >= 0.3 is 5.97 Å². The third kappa shape index (κ3) is 2.07. The molecule has 1 aliphatic carbocycles. The molecule has 1 aliphatic rings. The largest absolute Gasteiger partial charge is 0.480 e. The van der Waals surface area contributed by atoms with Crippen LogP contribution in [0.15, 0.2) is 18.2 Å². The van der Waals surface area contributed by atoms with Crippen molar-refractivity contribution in [1.29, 1.82) is 0 Å². The molecule has 0 aromatic heterocycles. The lowest BCUT2D eigenvalue weighted by Crippen LogP contribution is -2.35. The third-order valence-corrected chi connectivity index (χ3v) is 3.88. The normalized spacial score (nSPS) is 21.9. The van der Waals surface area contributed by atoms with Gasteiger partial charge in [0.15, 0.2) is 0 Å². The first-order valence-electron chi connectivity index (χ1n) is 6.12. The highest BCUT2D eigenvalue weighted by atomic mass is 16.4. The second-order valence-electron chi connectivity index (χ2n) is 5.01. The minimum atomic E-state index is -0.930. The first-order valence-corrected chi connectivity index (χ1v) is 6.12. The molecule has 0 saturated heterocycles. The fraction of sp³-hybridized carbons (Fsp3) is 0.500. The SMILES string of the molecule is CC1CCc2cccc(C(C)C(N)C(=O)O)c21. The number of carboxylic acid groups (broad SMARTS) is 1. The molecule has 3 heteroatoms. The lowest BCUT2D eigenvalue weighted by atomic mass is 9.86. The van der Waals surface area contributed by atoms with E-state index in [4.69, 9.17) is 10.8 Å². The van der Waals surface area contributed by atoms with Crippen LogP contribution < -0.4 is 5.73 Å². The van der Waals surface area contributed by atoms with Crippen LogP contribution in [0, 0.1) is 0 Å². The first-order chi connectivity index (χ1) is 8.02. The summed E-state index contributed by atoms with van der Waals surface area (Å²) in [7, 11) is 0. The maximum absolute atomic E-state index is 11.0. The van der Waals surface area contributed by atoms with Crippen LogP contribution >= 0.6 is 0 Å². The summed E-state index contributed by atoms with van der Waals surface area (Å²) < 4.78 is 0. The van der Waals surface area contributed by atoms with Gasteiger partial charge in [-0.15, -0.1) is 0 Å². The van der Waals surface area contributed by atoms with E-state index in [1.54, 1.807) is 0 Å². The number of hydrogen-bond donors (Lipinski definition) is 2. The number of aliphatic carboxylic acids is 1. The van der Waals surface area contributed by atoms with Crippen LogP contribution in [0.4, 0.5) is 0 Å². The standard InChI is InChI=1S/C14H19NO2/c1-8-6-7-10-4-3-5-11(12(8)10)9(2)13(15)14(16)17/h3-5,8-9,13H,6-7,15H2,1-2H3,(H,16,17). The number of aryl methyl sites for hydroxylation is 1. The number of nitrogens with two attached hydrogens (primary N) is 1. The monoisotopic (exact) mass is 233 g/mol. The van der Waals surface area contributed by atoms with Crippen molar-refractivity contribution in [3.63, 3.8) is 0 Å². The Hall–Kier alpha value is -1.35. The van der Waals surface area contributed by atoms with Gasteiger partial charge in [-0.05, 0) is 35.4 Å². The van der Waals surface area contributed by atoms with Gasteiger partial charge in [0, 0.05) is 5.92 Å². The molecule has 3 nitrogen and oxygen atoms in total. The molecule has 0 heterocycles. The highest BCUT2D eigenvalue weighted by Crippen LogP contribution is 2.38. The molecule has 0 radical (unpaired) electrons. The molecule has 0 aliphatic heterocycles. The second kappa shape index (κ2) is 4.49. The molecule has 0 saturated carbocycles. The zero-order valence-electron chi connectivity index (χ0n) is 10.3. The Morgan fingerprint density at radius 2 is 2.24 bits per heavy atom. The summed E-state index contributed by atoms with van der Waals surface area (Å²) in [5.41, 5.74) is 9.54. The molecule has 1 aromatic carbocycles. The Morgan fingerprint density at radius 1 is 1.53 bits per heavy atom. The Bertz CT molecular complexity index is 442. The number of carbonyl (C=O) groups is 1. The van der Waals surface area contributed by atoms with Crippen molar-refractivity contribution in [1.82, 2.24) is 0 Å². The molecule has 0 spiro atoms. The van der Waals surface area contributed by atoms with Gasteiger partial charge in [-0.3, -0.25) is 4.79 Å². The predicted octanol–water partition coefficient (Wildman–Crippen LogP) is 2.25. The Kier molecular flexibility index (Phi) is 3.20. The lowest BCUT2D eigenvalue weighted by molar-refractivity contribution is -0.139. The number of benzene rings is 1. The fourth-order valence-electron chi connectivity index (χ4n) is 2.77. The van der Waals surface area contributed by atoms with Gasteiger partial charge in [-0.1, -0.05) is 32.0 Å². The molecule has 0 fully saturated rings. The molecule has 17 heavy (non-hydrogen) atoms. The quantitative estimate of drug-likeness (QED) is 0.841. The molecule has 0 amide bonds. The lowest BCUT2D eigenvalue weighted by Gasteiger charge is -2.21. The van der Waals surface area contributed by atoms with E-state index in [1.807, 2.05) is 19.1 Å². The highest BCUT2D eigenvalue weighted by Gasteiger charge is 2.28. The number of rotatable bonds is 3. The summed E-state index contributed by atoms with van der Waals surface area (Å²) in [6, 6.07) is 5.35. The second-order valence-corrected chi connectivity index (χ2v) is 5.01. The van der Waals surface area contributed by atoms with Crippen molar-refractivity contribution < 1.29 is 9.90 Å². The van der Waals surface area contributed by atoms with Crippen molar-refractivity contribution >= 4 is 5.97 Å². The van der Waals surface area contributed by atoms with Gasteiger partial charge in [0.1, 0.15) is 6.04 Å². The summed E-state index contributed by atoms with van der Waals surface area (Å²) in [4.78, 5) is 11.0. The summed E-state index contributed by atoms with van der Waals surface area (Å²) in [6.07, 6.45) is 2.25. The van der Waals surface area contributed by atoms with Crippen LogP contribution in [0.1, 0.15) is 48.8 Å². The van der Waals surface area contributed by atoms with Gasteiger partial charge in [0.25, 0.3) is 0 Å². The van der Waals surface area contributed by atoms with E-state index in [0.29, 0.717) is 5.92 Å². The zero-order valence-corrected chi connectivity index (χ0v) is 10.3. The van der Waals surface area contributed by atoms with Gasteiger partial charge in [0.05, 0.1) is 0 Å². The Morgan fingerprint density at radius 3 is 2.88 bits per heavy atom. The maximum Gasteiger partial charge on any atom is 0.321 e. The molecule has 0 bridgehead atoms. The number of fused-ring (bicyclic) bond motifs is 1. The maximum atomic E-state index is 11.0. The van der Waals surface area contributed by atoms with Gasteiger partial charge in [0.2, 0.25) is 0 Å². The van der Waals surface area contributed by atoms with Gasteiger partial charge in [-0.2, -0.15) is 0 Å². The molecule has 2 rings (SSSR count). The van der Waals surface area contributed by atoms with Crippen LogP contribution in [-0.4, -0.2) is 17.1 Å². The first kappa shape index (κ1) is 12.1. The van der Waals surface area contributed by atoms with Crippen molar-refractivity contribution in [2.24, 2.45) is 5.73 Å². The molecular weight excluding hydrogens is 214 g/mol. The Labute approximate surface area is 102 Å². The summed E-state index contributed by atoms with van der Waals surface area (Å²) in [5, 5.41) is 9.00. The third-order valence-electron chi connectivity index (χ3n) is 3.88. The van der Waals surface area contributed by atoms with Crippen molar-refractivity contribution in [2.45, 2.75) is 44.6 Å². The van der Waals surface area contributed by atoms with Crippen LogP contribution in [0.2, 0.25) is 0 Å². The van der Waals surface area contributed by atoms with Crippen molar-refractivity contribution in [2.75, 3.05) is 0 Å². The summed E-state index contributed by atoms with van der Waals surface area (Å²) in [5.74, 6) is -0.548. The fourth-order valence-corrected chi connectivity index (χ4v) is 2.77. The van der Waals surface area contributed by atoms with Crippen molar-refractivity contribution in [3.8, 4) is 0 Å². The van der Waals surface area contributed by atoms with E-state index in [1.165, 1.54) is 11.1 Å². The average molecular weight is 233 g/mol. The van der Waals surface area contributed by atoms with Crippen LogP contribution in [0.25, 0.3) is 0 Å². The minimum absolute atomic E-state index is 0.136. The molecule has 3 N–H and O–H groups in total. The summed E-state index contributed by atoms with van der Waals surface area (Å²) in [6.45, 7) is 4.10. The van der Waals surface area contributed by atoms with E-state index in [-0.39, 0.29) is 5.92 Å². The van der Waals surface area contributed by atoms with E-state index in [0.717, 1.165) is 18.4 Å². The highest BCUT2D eigenvalue weighted by molar-refractivity contribution is 5.74. The topological polar surface area (TPSA) is 63.3 Å². The van der Waals surface area contributed by atoms with Crippen molar-refractivity contribution in [3.05, 3.63) is 34.9 Å².